The summed E-state index contributed by atoms with van der Waals surface area (Å²) in [6.07, 6.45) is 0. The average Bonchev–Trinajstić information content (AvgIpc) is 3.01. The first-order chi connectivity index (χ1) is 11.1. The lowest BCUT2D eigenvalue weighted by molar-refractivity contribution is -0.146. The Morgan fingerprint density at radius 1 is 1.22 bits per heavy atom. The van der Waals surface area contributed by atoms with E-state index >= 15 is 0 Å². The third-order valence-corrected chi connectivity index (χ3v) is 5.70. The van der Waals surface area contributed by atoms with Crippen molar-refractivity contribution in [1.82, 2.24) is 9.80 Å². The highest BCUT2D eigenvalue weighted by molar-refractivity contribution is 7.99. The van der Waals surface area contributed by atoms with Crippen molar-refractivity contribution in [1.29, 1.82) is 0 Å². The molecule has 0 radical (unpaired) electrons. The molecule has 0 aliphatic carbocycles. The molecule has 23 heavy (non-hydrogen) atoms. The Labute approximate surface area is 144 Å². The second kappa shape index (κ2) is 7.11. The Hall–Kier alpha value is -1.24. The number of amides is 2. The third-order valence-electron chi connectivity index (χ3n) is 4.13. The summed E-state index contributed by atoms with van der Waals surface area (Å²) in [5, 5.41) is 0.520. The molecule has 2 saturated heterocycles. The van der Waals surface area contributed by atoms with Gasteiger partial charge in [-0.2, -0.15) is 0 Å². The van der Waals surface area contributed by atoms with E-state index in [0.29, 0.717) is 37.1 Å². The molecule has 0 bridgehead atoms. The highest BCUT2D eigenvalue weighted by atomic mass is 35.5. The van der Waals surface area contributed by atoms with Crippen LogP contribution in [0.2, 0.25) is 5.02 Å². The zero-order chi connectivity index (χ0) is 16.4. The van der Waals surface area contributed by atoms with E-state index in [2.05, 4.69) is 0 Å². The van der Waals surface area contributed by atoms with E-state index in [4.69, 9.17) is 16.3 Å². The maximum atomic E-state index is 12.8. The average molecular weight is 355 g/mol. The predicted octanol–water partition coefficient (Wildman–Crippen LogP) is 2.16. The van der Waals surface area contributed by atoms with Crippen LogP contribution in [0.15, 0.2) is 24.3 Å². The van der Waals surface area contributed by atoms with Gasteiger partial charge in [0.2, 0.25) is 11.8 Å². The Bertz CT molecular complexity index is 589. The first-order valence-corrected chi connectivity index (χ1v) is 9.03. The molecule has 0 aromatic heterocycles. The molecule has 2 heterocycles. The second-order valence-electron chi connectivity index (χ2n) is 5.62. The summed E-state index contributed by atoms with van der Waals surface area (Å²) < 4.78 is 5.30. The minimum atomic E-state index is -0.406. The van der Waals surface area contributed by atoms with Crippen molar-refractivity contribution < 1.29 is 14.3 Å². The van der Waals surface area contributed by atoms with E-state index in [0.717, 1.165) is 5.56 Å². The van der Waals surface area contributed by atoms with Crippen LogP contribution in [0.1, 0.15) is 17.9 Å². The lowest BCUT2D eigenvalue weighted by Crippen LogP contribution is -2.52. The van der Waals surface area contributed by atoms with Gasteiger partial charge in [-0.15, -0.1) is 11.8 Å². The molecule has 2 fully saturated rings. The first-order valence-electron chi connectivity index (χ1n) is 7.60. The van der Waals surface area contributed by atoms with Gasteiger partial charge in [-0.3, -0.25) is 9.59 Å². The number of ether oxygens (including phenoxy) is 1. The molecular formula is C16H19ClN2O3S. The third kappa shape index (κ3) is 3.49. The lowest BCUT2D eigenvalue weighted by Gasteiger charge is -2.33. The van der Waals surface area contributed by atoms with Gasteiger partial charge in [-0.05, 0) is 17.7 Å². The number of carbonyl (C=O) groups excluding carboxylic acids is 2. The topological polar surface area (TPSA) is 49.9 Å². The highest BCUT2D eigenvalue weighted by Crippen LogP contribution is 2.42. The van der Waals surface area contributed by atoms with Crippen LogP contribution in [-0.2, 0) is 14.3 Å². The van der Waals surface area contributed by atoms with Gasteiger partial charge in [0, 0.05) is 30.8 Å². The van der Waals surface area contributed by atoms with Crippen molar-refractivity contribution in [2.45, 2.75) is 18.3 Å². The zero-order valence-electron chi connectivity index (χ0n) is 12.9. The minimum Gasteiger partial charge on any atom is -0.378 e. The number of nitrogens with zero attached hydrogens (tertiary/aromatic N) is 2. The molecule has 0 spiro atoms. The van der Waals surface area contributed by atoms with Crippen LogP contribution in [0.4, 0.5) is 0 Å². The Balaban J connectivity index is 1.80. The summed E-state index contributed by atoms with van der Waals surface area (Å²) in [5.74, 6) is 0.553. The summed E-state index contributed by atoms with van der Waals surface area (Å²) >= 11 is 7.56. The van der Waals surface area contributed by atoms with Crippen molar-refractivity contribution in [3.05, 3.63) is 34.9 Å². The minimum absolute atomic E-state index is 0.0208. The summed E-state index contributed by atoms with van der Waals surface area (Å²) in [6.45, 7) is 3.84. The molecule has 2 atom stereocenters. The zero-order valence-corrected chi connectivity index (χ0v) is 14.5. The molecular weight excluding hydrogens is 336 g/mol. The normalized spacial score (nSPS) is 24.8. The number of morpholine rings is 1. The summed E-state index contributed by atoms with van der Waals surface area (Å²) in [7, 11) is 0. The number of rotatable bonds is 2. The molecule has 3 rings (SSSR count). The number of hydrogen-bond acceptors (Lipinski definition) is 4. The molecule has 7 heteroatoms. The number of halogens is 1. The number of hydrogen-bond donors (Lipinski definition) is 0. The molecule has 2 aliphatic rings. The SMILES string of the molecule is CC(=O)N1[C@@H](C(=O)N2CCOCC2)CS[C@@H]1c1ccc(Cl)cc1. The van der Waals surface area contributed by atoms with Gasteiger partial charge < -0.3 is 14.5 Å². The summed E-state index contributed by atoms with van der Waals surface area (Å²) in [5.41, 5.74) is 0.992. The van der Waals surface area contributed by atoms with Crippen LogP contribution < -0.4 is 0 Å². The quantitative estimate of drug-likeness (QED) is 0.816. The first kappa shape index (κ1) is 16.6. The Morgan fingerprint density at radius 3 is 2.48 bits per heavy atom. The van der Waals surface area contributed by atoms with Gasteiger partial charge in [0.05, 0.1) is 13.2 Å². The van der Waals surface area contributed by atoms with Crippen molar-refractivity contribution in [3.8, 4) is 0 Å². The van der Waals surface area contributed by atoms with Crippen LogP contribution >= 0.6 is 23.4 Å². The Morgan fingerprint density at radius 2 is 1.87 bits per heavy atom. The van der Waals surface area contributed by atoms with E-state index in [1.165, 1.54) is 6.92 Å². The van der Waals surface area contributed by atoms with Gasteiger partial charge in [-0.1, -0.05) is 23.7 Å². The van der Waals surface area contributed by atoms with E-state index < -0.39 is 6.04 Å². The van der Waals surface area contributed by atoms with Crippen LogP contribution in [0.3, 0.4) is 0 Å². The summed E-state index contributed by atoms with van der Waals surface area (Å²) in [4.78, 5) is 28.5. The number of thioether (sulfide) groups is 1. The fraction of sp³-hybridized carbons (Fsp3) is 0.500. The smallest absolute Gasteiger partial charge is 0.246 e. The molecule has 1 aromatic carbocycles. The van der Waals surface area contributed by atoms with Gasteiger partial charge in [0.15, 0.2) is 0 Å². The fourth-order valence-electron chi connectivity index (χ4n) is 2.96. The van der Waals surface area contributed by atoms with E-state index in [9.17, 15) is 9.59 Å². The molecule has 2 amide bonds. The number of benzene rings is 1. The van der Waals surface area contributed by atoms with Crippen LogP contribution in [0.5, 0.6) is 0 Å². The molecule has 2 aliphatic heterocycles. The van der Waals surface area contributed by atoms with Gasteiger partial charge >= 0.3 is 0 Å². The van der Waals surface area contributed by atoms with Crippen molar-refractivity contribution in [3.63, 3.8) is 0 Å². The van der Waals surface area contributed by atoms with Crippen molar-refractivity contribution in [2.75, 3.05) is 32.1 Å². The van der Waals surface area contributed by atoms with Crippen LogP contribution in [0, 0.1) is 0 Å². The van der Waals surface area contributed by atoms with Gasteiger partial charge in [0.25, 0.3) is 0 Å². The molecule has 0 unspecified atom stereocenters. The van der Waals surface area contributed by atoms with Crippen molar-refractivity contribution >= 4 is 35.2 Å². The number of carbonyl (C=O) groups is 2. The maximum Gasteiger partial charge on any atom is 0.246 e. The second-order valence-corrected chi connectivity index (χ2v) is 7.17. The van der Waals surface area contributed by atoms with Crippen LogP contribution in [-0.4, -0.2) is 59.7 Å². The molecule has 1 aromatic rings. The lowest BCUT2D eigenvalue weighted by atomic mass is 10.1. The standard InChI is InChI=1S/C16H19ClN2O3S/c1-11(20)19-14(15(21)18-6-8-22-9-7-18)10-23-16(19)12-2-4-13(17)5-3-12/h2-5,14,16H,6-10H2,1H3/t14-,16-/m1/s1. The van der Waals surface area contributed by atoms with Gasteiger partial charge in [-0.25, -0.2) is 0 Å². The molecule has 0 saturated carbocycles. The van der Waals surface area contributed by atoms with E-state index in [1.54, 1.807) is 21.6 Å². The van der Waals surface area contributed by atoms with E-state index in [-0.39, 0.29) is 17.2 Å². The monoisotopic (exact) mass is 354 g/mol. The van der Waals surface area contributed by atoms with Crippen LogP contribution in [0.25, 0.3) is 0 Å². The van der Waals surface area contributed by atoms with Gasteiger partial charge in [0.1, 0.15) is 11.4 Å². The fourth-order valence-corrected chi connectivity index (χ4v) is 4.56. The van der Waals surface area contributed by atoms with E-state index in [1.807, 2.05) is 24.3 Å². The van der Waals surface area contributed by atoms with Crippen molar-refractivity contribution in [2.24, 2.45) is 0 Å². The summed E-state index contributed by atoms with van der Waals surface area (Å²) in [6, 6.07) is 7.05. The molecule has 124 valence electrons. The molecule has 0 N–H and O–H groups in total. The largest absolute Gasteiger partial charge is 0.378 e. The predicted molar refractivity (Wildman–Crippen MR) is 90.4 cm³/mol. The highest BCUT2D eigenvalue weighted by Gasteiger charge is 2.42. The Kier molecular flexibility index (Phi) is 5.14. The maximum absolute atomic E-state index is 12.8. The molecule has 5 nitrogen and oxygen atoms in total.